The van der Waals surface area contributed by atoms with E-state index in [0.717, 1.165) is 28.7 Å². The molecule has 0 amide bonds. The fourth-order valence-corrected chi connectivity index (χ4v) is 31.5. The first kappa shape index (κ1) is 47.2. The Balaban J connectivity index is 3.06. The second-order valence-electron chi connectivity index (χ2n) is 15.1. The van der Waals surface area contributed by atoms with Crippen molar-refractivity contribution in [2.45, 2.75) is 121 Å². The van der Waals surface area contributed by atoms with E-state index < -0.39 is 67.9 Å². The van der Waals surface area contributed by atoms with Crippen LogP contribution in [0.15, 0.2) is 27.0 Å². The van der Waals surface area contributed by atoms with Gasteiger partial charge in [-0.15, -0.1) is 6.58 Å². The summed E-state index contributed by atoms with van der Waals surface area (Å²) in [4.78, 5) is 40.4. The lowest BCUT2D eigenvalue weighted by atomic mass is 10.4. The van der Waals surface area contributed by atoms with Gasteiger partial charge in [0.15, 0.2) is 33.3 Å². The van der Waals surface area contributed by atoms with Crippen molar-refractivity contribution in [3.8, 4) is 0 Å². The lowest BCUT2D eigenvalue weighted by Crippen LogP contribution is -2.54. The Labute approximate surface area is 306 Å². The van der Waals surface area contributed by atoms with Gasteiger partial charge in [-0.25, -0.2) is 28.1 Å². The molecule has 0 fully saturated rings. The summed E-state index contributed by atoms with van der Waals surface area (Å²) < 4.78 is 50.7. The van der Waals surface area contributed by atoms with E-state index in [4.69, 9.17) is 34.8 Å². The maximum Gasteiger partial charge on any atom is 0.499 e. The van der Waals surface area contributed by atoms with E-state index in [2.05, 4.69) is 59.0 Å². The van der Waals surface area contributed by atoms with Gasteiger partial charge < -0.3 is 34.8 Å². The normalized spacial score (nSPS) is 13.6. The molecule has 1 aromatic rings. The minimum absolute atomic E-state index is 0.0225. The summed E-state index contributed by atoms with van der Waals surface area (Å²) in [7, 11) is -4.27. The third-order valence-corrected chi connectivity index (χ3v) is 30.4. The topological polar surface area (TPSA) is 140 Å². The number of hydrogen-bond acceptors (Lipinski definition) is 11. The van der Waals surface area contributed by atoms with Gasteiger partial charge in [-0.05, 0) is 89.4 Å². The molecule has 1 heterocycles. The van der Waals surface area contributed by atoms with Crippen LogP contribution in [-0.2, 0) is 54.4 Å². The molecule has 0 N–H and O–H groups in total. The van der Waals surface area contributed by atoms with E-state index in [0.29, 0.717) is 24.9 Å². The van der Waals surface area contributed by atoms with Crippen LogP contribution in [0.3, 0.4) is 0 Å². The van der Waals surface area contributed by atoms with Crippen LogP contribution in [0.5, 0.6) is 0 Å². The molecule has 14 nitrogen and oxygen atoms in total. The Morgan fingerprint density at radius 3 is 1.04 bits per heavy atom. The fraction of sp³-hybridized carbons (Fsp3) is 0.833. The van der Waals surface area contributed by atoms with Crippen LogP contribution in [0.1, 0.15) is 12.8 Å². The van der Waals surface area contributed by atoms with Crippen molar-refractivity contribution in [3.63, 3.8) is 0 Å². The van der Waals surface area contributed by atoms with E-state index in [9.17, 15) is 14.4 Å². The van der Waals surface area contributed by atoms with E-state index in [1.54, 1.807) is 42.7 Å². The Bertz CT molecular complexity index is 1280. The first-order valence-electron chi connectivity index (χ1n) is 17.3. The van der Waals surface area contributed by atoms with E-state index >= 15 is 0 Å². The third-order valence-electron chi connectivity index (χ3n) is 9.06. The lowest BCUT2D eigenvalue weighted by Gasteiger charge is -2.35. The summed E-state index contributed by atoms with van der Waals surface area (Å²) in [6, 6.07) is 4.48. The molecule has 0 aliphatic rings. The van der Waals surface area contributed by atoms with Gasteiger partial charge in [-0.1, -0.05) is 6.08 Å². The molecule has 0 aromatic carbocycles. The monoisotopic (exact) mass is 813 g/mol. The lowest BCUT2D eigenvalue weighted by molar-refractivity contribution is 0.124. The van der Waals surface area contributed by atoms with Crippen LogP contribution in [0, 0.1) is 0 Å². The molecule has 0 saturated carbocycles. The van der Waals surface area contributed by atoms with Crippen LogP contribution >= 0.6 is 0 Å². The summed E-state index contributed by atoms with van der Waals surface area (Å²) >= 11 is 0. The first-order chi connectivity index (χ1) is 23.1. The molecule has 0 aliphatic carbocycles. The third kappa shape index (κ3) is 14.2. The zero-order chi connectivity index (χ0) is 38.6. The van der Waals surface area contributed by atoms with Crippen molar-refractivity contribution < 1.29 is 34.8 Å². The van der Waals surface area contributed by atoms with Gasteiger partial charge in [0.05, 0.1) is 6.54 Å². The molecule has 1 rings (SSSR count). The summed E-state index contributed by atoms with van der Waals surface area (Å²) in [6.07, 6.45) is 2.65. The first-order valence-corrected chi connectivity index (χ1v) is 33.7. The maximum absolute atomic E-state index is 13.7. The van der Waals surface area contributed by atoms with Gasteiger partial charge in [0, 0.05) is 67.8 Å². The molecule has 0 unspecified atom stereocenters. The zero-order valence-electron chi connectivity index (χ0n) is 33.4. The van der Waals surface area contributed by atoms with Crippen molar-refractivity contribution in [1.82, 2.24) is 13.7 Å². The summed E-state index contributed by atoms with van der Waals surface area (Å²) in [5.74, 6) is 0. The molecule has 0 radical (unpaired) electrons. The van der Waals surface area contributed by atoms with E-state index in [-0.39, 0.29) is 19.6 Å². The van der Waals surface area contributed by atoms with Crippen molar-refractivity contribution in [3.05, 3.63) is 44.1 Å². The number of rotatable bonds is 26. The quantitative estimate of drug-likeness (QED) is 0.0947. The van der Waals surface area contributed by atoms with Crippen LogP contribution in [0.25, 0.3) is 0 Å². The molecule has 0 spiro atoms. The minimum Gasteiger partial charge on any atom is -0.456 e. The predicted octanol–water partition coefficient (Wildman–Crippen LogP) is 4.75. The Morgan fingerprint density at radius 2 is 0.760 bits per heavy atom. The van der Waals surface area contributed by atoms with Gasteiger partial charge in [-0.3, -0.25) is 0 Å². The number of aromatic nitrogens is 3. The second kappa shape index (κ2) is 20.0. The smallest absolute Gasteiger partial charge is 0.456 e. The molecule has 0 saturated heterocycles. The predicted molar refractivity (Wildman–Crippen MR) is 213 cm³/mol. The standard InChI is InChI=1S/C30H67N3O11Si6/c1-16-19-31-28(34)32(20-17-22-45(8,9)43-47(12,13)24-26-49(37-2,38-3)39-4)30(36)33(29(31)35)21-18-23-46(10,11)44-48(14,15)25-27-50(40-5,41-6)42-7/h16H,1,17-27H2,2-15H3. The van der Waals surface area contributed by atoms with Crippen LogP contribution in [-0.4, -0.2) is 107 Å². The summed E-state index contributed by atoms with van der Waals surface area (Å²) in [6.45, 7) is 21.5. The van der Waals surface area contributed by atoms with Crippen LogP contribution < -0.4 is 17.1 Å². The highest BCUT2D eigenvalue weighted by Gasteiger charge is 2.43. The molecule has 0 bridgehead atoms. The number of hydrogen-bond donors (Lipinski definition) is 0. The SMILES string of the molecule is C=CCn1c(=O)n(CCC[Si](C)(C)O[Si](C)(C)CC[Si](OC)(OC)OC)c(=O)n(CCC[Si](C)(C)O[Si](C)(C)CC[Si](OC)(OC)OC)c1=O. The Hall–Kier alpha value is -0.869. The largest absolute Gasteiger partial charge is 0.499 e. The summed E-state index contributed by atoms with van der Waals surface area (Å²) in [5, 5.41) is 0. The van der Waals surface area contributed by atoms with Crippen LogP contribution in [0.2, 0.25) is 88.6 Å². The fourth-order valence-electron chi connectivity index (χ4n) is 6.40. The molecular formula is C30H67N3O11Si6. The van der Waals surface area contributed by atoms with E-state index in [1.165, 1.54) is 15.2 Å². The molecule has 1 aromatic heterocycles. The molecule has 50 heavy (non-hydrogen) atoms. The van der Waals surface area contributed by atoms with Gasteiger partial charge in [0.2, 0.25) is 0 Å². The Kier molecular flexibility index (Phi) is 18.9. The second-order valence-corrected chi connectivity index (χ2v) is 39.0. The average molecular weight is 814 g/mol. The number of allylic oxidation sites excluding steroid dienone is 1. The van der Waals surface area contributed by atoms with Crippen LogP contribution in [0.4, 0.5) is 0 Å². The maximum atomic E-state index is 13.7. The molecule has 0 atom stereocenters. The number of nitrogens with zero attached hydrogens (tertiary/aromatic N) is 3. The van der Waals surface area contributed by atoms with E-state index in [1.807, 2.05) is 0 Å². The van der Waals surface area contributed by atoms with Crippen molar-refractivity contribution in [1.29, 1.82) is 0 Å². The average Bonchev–Trinajstić information content (AvgIpc) is 3.03. The highest BCUT2D eigenvalue weighted by atomic mass is 28.4. The van der Waals surface area contributed by atoms with Crippen molar-refractivity contribution in [2.24, 2.45) is 0 Å². The highest BCUT2D eigenvalue weighted by Crippen LogP contribution is 2.29. The van der Waals surface area contributed by atoms with Crippen molar-refractivity contribution in [2.75, 3.05) is 42.7 Å². The molecular weight excluding hydrogens is 747 g/mol. The van der Waals surface area contributed by atoms with Crippen molar-refractivity contribution >= 4 is 50.9 Å². The molecule has 292 valence electrons. The van der Waals surface area contributed by atoms with Gasteiger partial charge in [0.1, 0.15) is 0 Å². The van der Waals surface area contributed by atoms with Gasteiger partial charge >= 0.3 is 34.7 Å². The highest BCUT2D eigenvalue weighted by molar-refractivity contribution is 6.86. The molecule has 20 heteroatoms. The Morgan fingerprint density at radius 1 is 0.480 bits per heavy atom. The molecule has 0 aliphatic heterocycles. The van der Waals surface area contributed by atoms with Gasteiger partial charge in [0.25, 0.3) is 0 Å². The minimum atomic E-state index is -2.71. The van der Waals surface area contributed by atoms with Gasteiger partial charge in [-0.2, -0.15) is 0 Å². The summed E-state index contributed by atoms with van der Waals surface area (Å²) in [5.41, 5.74) is -1.80. The zero-order valence-corrected chi connectivity index (χ0v) is 39.4.